The molecule has 0 saturated heterocycles. The highest BCUT2D eigenvalue weighted by Gasteiger charge is 2.38. The molecule has 3 rings (SSSR count). The molecule has 118 valence electrons. The Morgan fingerprint density at radius 1 is 1.22 bits per heavy atom. The Balaban J connectivity index is 1.85. The summed E-state index contributed by atoms with van der Waals surface area (Å²) in [6.07, 6.45) is 0. The van der Waals surface area contributed by atoms with E-state index < -0.39 is 23.1 Å². The number of thiophene rings is 1. The van der Waals surface area contributed by atoms with Crippen molar-refractivity contribution < 1.29 is 14.7 Å². The van der Waals surface area contributed by atoms with E-state index in [9.17, 15) is 19.5 Å². The molecule has 0 saturated carbocycles. The molecular weight excluding hydrogens is 336 g/mol. The molecule has 1 amide bonds. The average Bonchev–Trinajstić information content (AvgIpc) is 2.91. The zero-order chi connectivity index (χ0) is 16.6. The second-order valence-corrected chi connectivity index (χ2v) is 6.99. The van der Waals surface area contributed by atoms with Crippen molar-refractivity contribution in [3.05, 3.63) is 50.8 Å². The molecule has 0 bridgehead atoms. The lowest BCUT2D eigenvalue weighted by atomic mass is 10.1. The van der Waals surface area contributed by atoms with Crippen LogP contribution in [0.5, 0.6) is 5.75 Å². The highest BCUT2D eigenvalue weighted by Crippen LogP contribution is 2.37. The number of Topliss-reactive ketones (excluding diaryl/α,β-unsaturated/α-hetero) is 1. The number of rotatable bonds is 2. The Hall–Kier alpha value is -2.16. The molecule has 1 aromatic carbocycles. The number of fused-ring (bicyclic) bond motifs is 1. The number of carbonyl (C=O) groups excluding carboxylic acids is 2. The lowest BCUT2D eigenvalue weighted by Crippen LogP contribution is -2.46. The summed E-state index contributed by atoms with van der Waals surface area (Å²) in [5, 5.41) is 13.8. The number of hydrogen-bond acceptors (Lipinski definition) is 7. The summed E-state index contributed by atoms with van der Waals surface area (Å²) in [5.74, 6) is -1.14. The van der Waals surface area contributed by atoms with Crippen LogP contribution in [0.2, 0.25) is 0 Å². The van der Waals surface area contributed by atoms with Crippen molar-refractivity contribution >= 4 is 40.7 Å². The molecule has 8 heteroatoms. The Labute approximate surface area is 139 Å². The van der Waals surface area contributed by atoms with Gasteiger partial charge in [-0.2, -0.15) is 0 Å². The third-order valence-electron chi connectivity index (χ3n) is 3.31. The number of anilines is 1. The van der Waals surface area contributed by atoms with Gasteiger partial charge in [-0.1, -0.05) is 0 Å². The lowest BCUT2D eigenvalue weighted by molar-refractivity contribution is -0.118. The van der Waals surface area contributed by atoms with Crippen LogP contribution >= 0.6 is 23.3 Å². The second kappa shape index (κ2) is 6.15. The van der Waals surface area contributed by atoms with E-state index >= 15 is 0 Å². The van der Waals surface area contributed by atoms with E-state index in [1.165, 1.54) is 41.5 Å². The Kier molecular flexibility index (Phi) is 4.20. The van der Waals surface area contributed by atoms with E-state index in [1.54, 1.807) is 11.4 Å². The fourth-order valence-corrected chi connectivity index (χ4v) is 4.20. The largest absolute Gasteiger partial charge is 0.504 e. The van der Waals surface area contributed by atoms with Crippen LogP contribution in [0, 0.1) is 0 Å². The predicted octanol–water partition coefficient (Wildman–Crippen LogP) is 1.96. The van der Waals surface area contributed by atoms with Gasteiger partial charge in [-0.25, -0.2) is 4.31 Å². The third-order valence-corrected chi connectivity index (χ3v) is 5.40. The molecule has 1 aliphatic rings. The number of nitrogens with zero attached hydrogens (tertiary/aromatic N) is 1. The van der Waals surface area contributed by atoms with Gasteiger partial charge in [0.1, 0.15) is 0 Å². The van der Waals surface area contributed by atoms with Crippen molar-refractivity contribution in [3.63, 3.8) is 0 Å². The highest BCUT2D eigenvalue weighted by atomic mass is 32.2. The summed E-state index contributed by atoms with van der Waals surface area (Å²) in [6, 6.07) is 6.06. The van der Waals surface area contributed by atoms with Crippen molar-refractivity contribution in [1.82, 2.24) is 4.31 Å². The summed E-state index contributed by atoms with van der Waals surface area (Å²) in [6.45, 7) is 0. The summed E-state index contributed by atoms with van der Waals surface area (Å²) in [5.41, 5.74) is -0.217. The van der Waals surface area contributed by atoms with E-state index in [0.717, 1.165) is 11.0 Å². The number of aromatic hydroxyl groups is 1. The number of ketones is 1. The first-order valence-corrected chi connectivity index (χ1v) is 8.29. The van der Waals surface area contributed by atoms with Gasteiger partial charge in [-0.3, -0.25) is 14.4 Å². The van der Waals surface area contributed by atoms with E-state index in [4.69, 9.17) is 0 Å². The quantitative estimate of drug-likeness (QED) is 0.637. The molecule has 1 aromatic heterocycles. The molecule has 0 aliphatic carbocycles. The minimum atomic E-state index is -0.947. The molecule has 6 nitrogen and oxygen atoms in total. The van der Waals surface area contributed by atoms with E-state index in [0.29, 0.717) is 10.6 Å². The van der Waals surface area contributed by atoms with Crippen molar-refractivity contribution in [3.8, 4) is 5.75 Å². The predicted molar refractivity (Wildman–Crippen MR) is 89.1 cm³/mol. The van der Waals surface area contributed by atoms with Crippen molar-refractivity contribution in [2.45, 2.75) is 10.9 Å². The molecule has 0 spiro atoms. The summed E-state index contributed by atoms with van der Waals surface area (Å²) in [4.78, 5) is 37.7. The topological polar surface area (TPSA) is 86.7 Å². The van der Waals surface area contributed by atoms with Crippen molar-refractivity contribution in [2.75, 3.05) is 12.4 Å². The maximum atomic E-state index is 12.5. The number of nitrogens with one attached hydrogen (secondary N) is 1. The normalized spacial score (nSPS) is 17.6. The number of likely N-dealkylation sites (N-methyl/N-ethyl adjacent to an activating group) is 1. The van der Waals surface area contributed by atoms with Crippen LogP contribution in [0.1, 0.15) is 9.67 Å². The molecule has 23 heavy (non-hydrogen) atoms. The Morgan fingerprint density at radius 2 is 1.96 bits per heavy atom. The van der Waals surface area contributed by atoms with Crippen LogP contribution < -0.4 is 10.7 Å². The van der Waals surface area contributed by atoms with Gasteiger partial charge < -0.3 is 10.4 Å². The smallest absolute Gasteiger partial charge is 0.250 e. The fourth-order valence-electron chi connectivity index (χ4n) is 2.18. The van der Waals surface area contributed by atoms with Crippen LogP contribution in [-0.4, -0.2) is 34.2 Å². The van der Waals surface area contributed by atoms with Crippen LogP contribution in [0.3, 0.4) is 0 Å². The minimum Gasteiger partial charge on any atom is -0.504 e. The van der Waals surface area contributed by atoms with Gasteiger partial charge in [0.25, 0.3) is 5.91 Å². The molecule has 2 aromatic rings. The average molecular weight is 348 g/mol. The first-order chi connectivity index (χ1) is 11.0. The first kappa shape index (κ1) is 15.7. The Morgan fingerprint density at radius 3 is 2.74 bits per heavy atom. The summed E-state index contributed by atoms with van der Waals surface area (Å²) >= 11 is 2.66. The zero-order valence-electron chi connectivity index (χ0n) is 12.0. The monoisotopic (exact) mass is 348 g/mol. The first-order valence-electron chi connectivity index (χ1n) is 6.64. The summed E-state index contributed by atoms with van der Waals surface area (Å²) in [7, 11) is 1.68. The van der Waals surface area contributed by atoms with Gasteiger partial charge in [0.2, 0.25) is 11.2 Å². The Bertz CT molecular complexity index is 849. The van der Waals surface area contributed by atoms with Crippen molar-refractivity contribution in [1.29, 1.82) is 0 Å². The van der Waals surface area contributed by atoms with Gasteiger partial charge in [0.05, 0.1) is 4.88 Å². The van der Waals surface area contributed by atoms with Gasteiger partial charge in [0.15, 0.2) is 11.8 Å². The van der Waals surface area contributed by atoms with Gasteiger partial charge in [-0.15, -0.1) is 11.3 Å². The van der Waals surface area contributed by atoms with Gasteiger partial charge >= 0.3 is 0 Å². The molecule has 2 heterocycles. The summed E-state index contributed by atoms with van der Waals surface area (Å²) < 4.78 is 1.60. The highest BCUT2D eigenvalue weighted by molar-refractivity contribution is 7.97. The van der Waals surface area contributed by atoms with E-state index in [2.05, 4.69) is 5.32 Å². The molecule has 2 N–H and O–H groups in total. The van der Waals surface area contributed by atoms with Crippen LogP contribution in [0.4, 0.5) is 5.69 Å². The number of hydrogen-bond donors (Lipinski definition) is 2. The van der Waals surface area contributed by atoms with E-state index in [1.807, 2.05) is 11.4 Å². The van der Waals surface area contributed by atoms with Gasteiger partial charge in [0, 0.05) is 10.6 Å². The maximum absolute atomic E-state index is 12.5. The standard InChI is InChI=1S/C15H12N2O4S2/c1-17-12(13(20)14-11(23-17)6-7-22-14)15(21)16-8-2-4-9(18)10(19)5-3-8/h2-7,12H,1H3,(H,16,21)(H,18,19). The van der Waals surface area contributed by atoms with Crippen LogP contribution in [-0.2, 0) is 4.79 Å². The number of carbonyl (C=O) groups is 2. The van der Waals surface area contributed by atoms with E-state index in [-0.39, 0.29) is 5.78 Å². The second-order valence-electron chi connectivity index (χ2n) is 4.88. The van der Waals surface area contributed by atoms with Crippen LogP contribution in [0.15, 0.2) is 45.4 Å². The zero-order valence-corrected chi connectivity index (χ0v) is 13.6. The van der Waals surface area contributed by atoms with Crippen molar-refractivity contribution in [2.24, 2.45) is 0 Å². The fraction of sp³-hybridized carbons (Fsp3) is 0.133. The molecule has 1 unspecified atom stereocenters. The van der Waals surface area contributed by atoms with Gasteiger partial charge in [-0.05, 0) is 54.7 Å². The molecule has 1 atom stereocenters. The van der Waals surface area contributed by atoms with Crippen LogP contribution in [0.25, 0.3) is 0 Å². The third kappa shape index (κ3) is 3.00. The SMILES string of the molecule is CN1Sc2ccsc2C(=O)C1C(=O)Nc1ccc(O)c(=O)cc1. The minimum absolute atomic E-state index is 0.249. The number of amides is 1. The molecule has 1 aliphatic heterocycles. The lowest BCUT2D eigenvalue weighted by Gasteiger charge is -2.28. The molecule has 0 radical (unpaired) electrons. The molecular formula is C15H12N2O4S2. The molecule has 0 fully saturated rings. The maximum Gasteiger partial charge on any atom is 0.250 e.